The van der Waals surface area contributed by atoms with E-state index in [2.05, 4.69) is 15.6 Å². The summed E-state index contributed by atoms with van der Waals surface area (Å²) in [4.78, 5) is 44.4. The average Bonchev–Trinajstić information content (AvgIpc) is 3.34. The largest absolute Gasteiger partial charge is 0.494 e. The van der Waals surface area contributed by atoms with Crippen molar-refractivity contribution in [3.05, 3.63) is 60.4 Å². The second-order valence-corrected chi connectivity index (χ2v) is 12.0. The van der Waals surface area contributed by atoms with Crippen LogP contribution in [-0.2, 0) is 25.5 Å². The first-order chi connectivity index (χ1) is 20.7. The molecule has 4 rings (SSSR count). The normalized spacial score (nSPS) is 16.8. The number of hydrogen-bond donors (Lipinski definition) is 4. The smallest absolute Gasteiger partial charge is 0.336 e. The fourth-order valence-corrected chi connectivity index (χ4v) is 6.02. The number of esters is 1. The molecule has 1 aromatic carbocycles. The molecule has 0 aliphatic heterocycles. The van der Waals surface area contributed by atoms with Crippen molar-refractivity contribution in [3.8, 4) is 5.88 Å². The molecule has 0 bridgehead atoms. The van der Waals surface area contributed by atoms with Crippen molar-refractivity contribution in [1.82, 2.24) is 20.2 Å². The van der Waals surface area contributed by atoms with Crippen LogP contribution in [0.15, 0.2) is 54.9 Å². The fourth-order valence-electron chi connectivity index (χ4n) is 6.02. The van der Waals surface area contributed by atoms with Gasteiger partial charge in [0.2, 0.25) is 17.7 Å². The van der Waals surface area contributed by atoms with E-state index in [1.54, 1.807) is 24.5 Å². The van der Waals surface area contributed by atoms with Gasteiger partial charge in [0.15, 0.2) is 6.10 Å². The maximum absolute atomic E-state index is 14.0. The molecule has 0 spiro atoms. The second kappa shape index (κ2) is 15.0. The van der Waals surface area contributed by atoms with Gasteiger partial charge < -0.3 is 30.2 Å². The number of aliphatic hydroxyl groups is 1. The maximum atomic E-state index is 14.0. The number of pyridine rings is 1. The van der Waals surface area contributed by atoms with E-state index in [1.165, 1.54) is 11.7 Å². The minimum absolute atomic E-state index is 0.0534. The van der Waals surface area contributed by atoms with E-state index in [0.717, 1.165) is 37.7 Å². The lowest BCUT2D eigenvalue weighted by Crippen LogP contribution is -2.55. The van der Waals surface area contributed by atoms with Gasteiger partial charge in [0.05, 0.1) is 24.1 Å². The summed E-state index contributed by atoms with van der Waals surface area (Å²) >= 11 is 0. The van der Waals surface area contributed by atoms with Crippen molar-refractivity contribution in [2.75, 3.05) is 7.11 Å². The number of fused-ring (bicyclic) bond motifs is 1. The highest BCUT2D eigenvalue weighted by Gasteiger charge is 2.35. The number of amides is 2. The first-order valence-electron chi connectivity index (χ1n) is 15.2. The first-order valence-corrected chi connectivity index (χ1v) is 15.2. The molecule has 10 heteroatoms. The van der Waals surface area contributed by atoms with Crippen molar-refractivity contribution >= 4 is 28.7 Å². The first kappa shape index (κ1) is 32.0. The number of nitrogens with zero attached hydrogens (tertiary/aromatic N) is 2. The molecule has 1 fully saturated rings. The molecule has 4 N–H and O–H groups in total. The Bertz CT molecular complexity index is 1370. The van der Waals surface area contributed by atoms with Gasteiger partial charge in [-0.1, -0.05) is 76.3 Å². The lowest BCUT2D eigenvalue weighted by atomic mass is 9.83. The van der Waals surface area contributed by atoms with E-state index in [1.807, 2.05) is 44.2 Å². The molecule has 2 amide bonds. The van der Waals surface area contributed by atoms with Crippen LogP contribution in [-0.4, -0.2) is 62.8 Å². The highest BCUT2D eigenvalue weighted by Crippen LogP contribution is 2.31. The highest BCUT2D eigenvalue weighted by atomic mass is 16.5. The van der Waals surface area contributed by atoms with Crippen molar-refractivity contribution < 1.29 is 29.3 Å². The predicted molar refractivity (Wildman–Crippen MR) is 163 cm³/mol. The fraction of sp³-hybridized carbons (Fsp3) is 0.515. The molecule has 1 aliphatic rings. The van der Waals surface area contributed by atoms with Gasteiger partial charge in [-0.2, -0.15) is 0 Å². The van der Waals surface area contributed by atoms with Gasteiger partial charge in [0.25, 0.3) is 0 Å². The third-order valence-electron chi connectivity index (χ3n) is 8.30. The molecule has 2 aromatic heterocycles. The van der Waals surface area contributed by atoms with Gasteiger partial charge in [-0.15, -0.1) is 0 Å². The van der Waals surface area contributed by atoms with E-state index >= 15 is 0 Å². The highest BCUT2D eigenvalue weighted by molar-refractivity contribution is 5.91. The average molecular weight is 593 g/mol. The third kappa shape index (κ3) is 8.34. The van der Waals surface area contributed by atoms with Crippen molar-refractivity contribution in [2.45, 2.75) is 89.4 Å². The summed E-state index contributed by atoms with van der Waals surface area (Å²) in [7, 11) is 1.20. The number of aliphatic hydroxyl groups excluding tert-OH is 1. The van der Waals surface area contributed by atoms with E-state index in [4.69, 9.17) is 4.74 Å². The van der Waals surface area contributed by atoms with Crippen LogP contribution in [0.1, 0.15) is 70.4 Å². The van der Waals surface area contributed by atoms with Crippen molar-refractivity contribution in [1.29, 1.82) is 0 Å². The Kier molecular flexibility index (Phi) is 11.2. The Balaban J connectivity index is 1.59. The van der Waals surface area contributed by atoms with E-state index < -0.39 is 42.0 Å². The number of ether oxygens (including phenoxy) is 1. The summed E-state index contributed by atoms with van der Waals surface area (Å²) in [6, 6.07) is 10.3. The number of nitrogens with one attached hydrogen (secondary N) is 2. The number of benzene rings is 1. The zero-order chi connectivity index (χ0) is 30.9. The molecule has 4 atom stereocenters. The van der Waals surface area contributed by atoms with Gasteiger partial charge in [0, 0.05) is 18.8 Å². The molecule has 2 heterocycles. The van der Waals surface area contributed by atoms with Crippen LogP contribution in [0, 0.1) is 11.8 Å². The summed E-state index contributed by atoms with van der Waals surface area (Å²) in [5, 5.41) is 28.2. The molecule has 232 valence electrons. The van der Waals surface area contributed by atoms with Crippen molar-refractivity contribution in [2.24, 2.45) is 11.8 Å². The summed E-state index contributed by atoms with van der Waals surface area (Å²) in [5.74, 6) is -1.50. The molecule has 43 heavy (non-hydrogen) atoms. The lowest BCUT2D eigenvalue weighted by Gasteiger charge is -2.31. The molecule has 1 saturated carbocycles. The minimum atomic E-state index is -1.52. The van der Waals surface area contributed by atoms with Crippen molar-refractivity contribution in [3.63, 3.8) is 0 Å². The molecule has 2 unspecified atom stereocenters. The number of methoxy groups -OCH3 is 1. The lowest BCUT2D eigenvalue weighted by molar-refractivity contribution is -0.153. The summed E-state index contributed by atoms with van der Waals surface area (Å²) < 4.78 is 6.28. The molecule has 3 aromatic rings. The summed E-state index contributed by atoms with van der Waals surface area (Å²) in [6.07, 6.45) is 8.03. The van der Waals surface area contributed by atoms with Crippen LogP contribution in [0.4, 0.5) is 0 Å². The Hall–Kier alpha value is -3.92. The van der Waals surface area contributed by atoms with Gasteiger partial charge in [-0.25, -0.2) is 4.79 Å². The number of carbonyl (C=O) groups is 3. The minimum Gasteiger partial charge on any atom is -0.494 e. The van der Waals surface area contributed by atoms with Crippen LogP contribution >= 0.6 is 0 Å². The Labute approximate surface area is 252 Å². The monoisotopic (exact) mass is 592 g/mol. The molecule has 1 aliphatic carbocycles. The van der Waals surface area contributed by atoms with Gasteiger partial charge >= 0.3 is 5.97 Å². The SMILES string of the molecule is COC(=O)C(O)[C@H](CC1CCCCC1)NC(=O)C(CC(C)C)NC(=O)[C@H](Cc1ccccc1)n1cc2ncccc2c1O. The summed E-state index contributed by atoms with van der Waals surface area (Å²) in [5.41, 5.74) is 1.43. The Morgan fingerprint density at radius 1 is 1.02 bits per heavy atom. The summed E-state index contributed by atoms with van der Waals surface area (Å²) in [6.45, 7) is 3.90. The number of hydrogen-bond acceptors (Lipinski definition) is 7. The van der Waals surface area contributed by atoms with Gasteiger partial charge in [-0.05, 0) is 42.4 Å². The van der Waals surface area contributed by atoms with E-state index in [0.29, 0.717) is 23.7 Å². The van der Waals surface area contributed by atoms with Crippen LogP contribution < -0.4 is 10.6 Å². The predicted octanol–water partition coefficient (Wildman–Crippen LogP) is 4.05. The third-order valence-corrected chi connectivity index (χ3v) is 8.30. The topological polar surface area (TPSA) is 143 Å². The van der Waals surface area contributed by atoms with Gasteiger partial charge in [-0.3, -0.25) is 14.6 Å². The molecule has 0 saturated heterocycles. The Morgan fingerprint density at radius 3 is 2.40 bits per heavy atom. The zero-order valence-electron chi connectivity index (χ0n) is 25.2. The van der Waals surface area contributed by atoms with E-state index in [9.17, 15) is 24.6 Å². The molecule has 10 nitrogen and oxygen atoms in total. The zero-order valence-corrected chi connectivity index (χ0v) is 25.2. The molecular formula is C33H44N4O6. The second-order valence-electron chi connectivity index (χ2n) is 12.0. The van der Waals surface area contributed by atoms with Crippen LogP contribution in [0.3, 0.4) is 0 Å². The van der Waals surface area contributed by atoms with Crippen LogP contribution in [0.5, 0.6) is 5.88 Å². The van der Waals surface area contributed by atoms with Gasteiger partial charge in [0.1, 0.15) is 12.1 Å². The standard InChI is InChI=1S/C33H44N4O6/c1-21(2)17-26(30(39)35-25(29(38)33(42)43-3)18-22-11-6-4-7-12-22)36-31(40)28(19-23-13-8-5-9-14-23)37-20-27-24(32(37)41)15-10-16-34-27/h5,8-10,13-16,20-22,25-26,28-29,38,41H,4,6-7,11-12,17-19H2,1-3H3,(H,35,39)(H,36,40)/t25-,26?,28-,29?/m0/s1. The van der Waals surface area contributed by atoms with E-state index in [-0.39, 0.29) is 24.1 Å². The number of rotatable bonds is 13. The Morgan fingerprint density at radius 2 is 1.74 bits per heavy atom. The van der Waals surface area contributed by atoms with Crippen LogP contribution in [0.25, 0.3) is 10.9 Å². The molecule has 0 radical (unpaired) electrons. The number of carbonyl (C=O) groups excluding carboxylic acids is 3. The maximum Gasteiger partial charge on any atom is 0.336 e. The quantitative estimate of drug-likeness (QED) is 0.219. The van der Waals surface area contributed by atoms with Crippen LogP contribution in [0.2, 0.25) is 0 Å². The number of aromatic hydroxyl groups is 1. The molecular weight excluding hydrogens is 548 g/mol. The number of aromatic nitrogens is 2.